The molecule has 3 aromatic heterocycles. The summed E-state index contributed by atoms with van der Waals surface area (Å²) in [5.41, 5.74) is 1.30. The predicted octanol–water partition coefficient (Wildman–Crippen LogP) is 1.94. The lowest BCUT2D eigenvalue weighted by Gasteiger charge is -2.05. The van der Waals surface area contributed by atoms with E-state index in [2.05, 4.69) is 25.7 Å². The summed E-state index contributed by atoms with van der Waals surface area (Å²) in [4.78, 5) is 31.8. The molecule has 3 rings (SSSR count). The van der Waals surface area contributed by atoms with Crippen molar-refractivity contribution in [3.8, 4) is 0 Å². The van der Waals surface area contributed by atoms with Crippen molar-refractivity contribution in [2.24, 2.45) is 0 Å². The fourth-order valence-electron chi connectivity index (χ4n) is 2.31. The smallest absolute Gasteiger partial charge is 0.270 e. The van der Waals surface area contributed by atoms with Gasteiger partial charge in [0.2, 0.25) is 5.91 Å². The molecule has 0 saturated carbocycles. The molecule has 0 atom stereocenters. The zero-order valence-corrected chi connectivity index (χ0v) is 15.1. The van der Waals surface area contributed by atoms with Gasteiger partial charge in [-0.2, -0.15) is 5.10 Å². The Kier molecular flexibility index (Phi) is 6.11. The maximum Gasteiger partial charge on any atom is 0.270 e. The number of anilines is 1. The van der Waals surface area contributed by atoms with Crippen molar-refractivity contribution in [3.05, 3.63) is 71.4 Å². The number of nitrogens with zero attached hydrogens (tertiary/aromatic N) is 4. The highest BCUT2D eigenvalue weighted by Gasteiger charge is 2.11. The monoisotopic (exact) mass is 384 g/mol. The first-order valence-corrected chi connectivity index (χ1v) is 8.60. The van der Waals surface area contributed by atoms with E-state index in [1.807, 2.05) is 12.1 Å². The Bertz CT molecular complexity index is 928. The highest BCUT2D eigenvalue weighted by molar-refractivity contribution is 6.30. The van der Waals surface area contributed by atoms with Gasteiger partial charge in [0.15, 0.2) is 5.82 Å². The van der Waals surface area contributed by atoms with Gasteiger partial charge in [-0.3, -0.25) is 24.2 Å². The van der Waals surface area contributed by atoms with E-state index in [1.165, 1.54) is 12.3 Å². The van der Waals surface area contributed by atoms with Crippen LogP contribution < -0.4 is 10.6 Å². The number of hydrogen-bond acceptors (Lipinski definition) is 5. The van der Waals surface area contributed by atoms with Crippen LogP contribution in [0.4, 0.5) is 5.82 Å². The molecule has 0 aliphatic heterocycles. The number of nitrogens with one attached hydrogen (secondary N) is 2. The fraction of sp³-hybridized carbons (Fsp3) is 0.167. The fourth-order valence-corrected chi connectivity index (χ4v) is 2.47. The number of carbonyl (C=O) groups is 2. The highest BCUT2D eigenvalue weighted by atomic mass is 35.5. The van der Waals surface area contributed by atoms with Crippen molar-refractivity contribution in [2.45, 2.75) is 13.0 Å². The molecule has 138 valence electrons. The second-order valence-corrected chi connectivity index (χ2v) is 6.10. The van der Waals surface area contributed by atoms with E-state index in [9.17, 15) is 9.59 Å². The number of amides is 2. The summed E-state index contributed by atoms with van der Waals surface area (Å²) < 4.78 is 1.74. The van der Waals surface area contributed by atoms with Crippen LogP contribution in [-0.2, 0) is 17.8 Å². The van der Waals surface area contributed by atoms with Crippen molar-refractivity contribution < 1.29 is 9.59 Å². The minimum atomic E-state index is -0.476. The van der Waals surface area contributed by atoms with E-state index in [1.54, 1.807) is 35.4 Å². The van der Waals surface area contributed by atoms with Crippen LogP contribution >= 0.6 is 11.6 Å². The Labute approximate surface area is 160 Å². The zero-order chi connectivity index (χ0) is 19.1. The quantitative estimate of drug-likeness (QED) is 0.648. The summed E-state index contributed by atoms with van der Waals surface area (Å²) in [6.07, 6.45) is 7.51. The lowest BCUT2D eigenvalue weighted by atomic mass is 10.2. The molecule has 0 radical (unpaired) electrons. The van der Waals surface area contributed by atoms with Crippen LogP contribution in [0, 0.1) is 0 Å². The van der Waals surface area contributed by atoms with Gasteiger partial charge in [-0.05, 0) is 36.2 Å². The van der Waals surface area contributed by atoms with Crippen LogP contribution in [0.25, 0.3) is 0 Å². The molecule has 0 aliphatic carbocycles. The largest absolute Gasteiger partial charge is 0.342 e. The van der Waals surface area contributed by atoms with Crippen molar-refractivity contribution in [1.82, 2.24) is 25.1 Å². The summed E-state index contributed by atoms with van der Waals surface area (Å²) in [7, 11) is 0. The minimum Gasteiger partial charge on any atom is -0.342 e. The first kappa shape index (κ1) is 18.5. The van der Waals surface area contributed by atoms with Crippen LogP contribution in [0.3, 0.4) is 0 Å². The van der Waals surface area contributed by atoms with E-state index in [-0.39, 0.29) is 18.1 Å². The Morgan fingerprint density at radius 1 is 1.11 bits per heavy atom. The van der Waals surface area contributed by atoms with E-state index in [0.29, 0.717) is 17.4 Å². The van der Waals surface area contributed by atoms with Crippen molar-refractivity contribution >= 4 is 29.2 Å². The van der Waals surface area contributed by atoms with Gasteiger partial charge >= 0.3 is 0 Å². The normalized spacial score (nSPS) is 10.4. The second-order valence-electron chi connectivity index (χ2n) is 5.66. The molecule has 2 N–H and O–H groups in total. The predicted molar refractivity (Wildman–Crippen MR) is 100 cm³/mol. The Hall–Kier alpha value is -3.26. The lowest BCUT2D eigenvalue weighted by Crippen LogP contribution is -2.33. The third-order valence-electron chi connectivity index (χ3n) is 3.65. The van der Waals surface area contributed by atoms with Gasteiger partial charge in [0, 0.05) is 42.4 Å². The average Bonchev–Trinajstić information content (AvgIpc) is 3.12. The molecular weight excluding hydrogens is 368 g/mol. The SMILES string of the molecule is O=C(CNC(=O)c1cc(Cl)ccn1)Nc1ccn(CCc2ccncc2)n1. The van der Waals surface area contributed by atoms with Crippen LogP contribution in [0.2, 0.25) is 5.02 Å². The molecule has 0 bridgehead atoms. The summed E-state index contributed by atoms with van der Waals surface area (Å²) in [6.45, 7) is 0.480. The molecule has 0 fully saturated rings. The summed E-state index contributed by atoms with van der Waals surface area (Å²) in [5.74, 6) is -0.440. The molecule has 3 aromatic rings. The first-order chi connectivity index (χ1) is 13.1. The molecule has 9 heteroatoms. The number of aromatic nitrogens is 4. The van der Waals surface area contributed by atoms with Gasteiger partial charge in [0.1, 0.15) is 5.69 Å². The average molecular weight is 385 g/mol. The van der Waals surface area contributed by atoms with Gasteiger partial charge in [0.05, 0.1) is 6.54 Å². The Balaban J connectivity index is 1.45. The van der Waals surface area contributed by atoms with E-state index in [4.69, 9.17) is 11.6 Å². The lowest BCUT2D eigenvalue weighted by molar-refractivity contribution is -0.115. The number of rotatable bonds is 7. The summed E-state index contributed by atoms with van der Waals surface area (Å²) in [5, 5.41) is 9.81. The first-order valence-electron chi connectivity index (χ1n) is 8.22. The van der Waals surface area contributed by atoms with Crippen LogP contribution in [0.5, 0.6) is 0 Å². The number of pyridine rings is 2. The van der Waals surface area contributed by atoms with Gasteiger partial charge < -0.3 is 10.6 Å². The third-order valence-corrected chi connectivity index (χ3v) is 3.89. The van der Waals surface area contributed by atoms with E-state index >= 15 is 0 Å². The van der Waals surface area contributed by atoms with Crippen molar-refractivity contribution in [3.63, 3.8) is 0 Å². The molecular formula is C18H17ClN6O2. The summed E-state index contributed by atoms with van der Waals surface area (Å²) in [6, 6.07) is 8.59. The van der Waals surface area contributed by atoms with Crippen molar-refractivity contribution in [2.75, 3.05) is 11.9 Å². The number of halogens is 1. The van der Waals surface area contributed by atoms with Crippen LogP contribution in [-0.4, -0.2) is 38.1 Å². The molecule has 2 amide bonds. The standard InChI is InChI=1S/C18H17ClN6O2/c19-14-3-8-21-15(11-14)18(27)22-12-17(26)23-16-5-10-25(24-16)9-4-13-1-6-20-7-2-13/h1-3,5-8,10-11H,4,9,12H2,(H,22,27)(H,23,24,26). The second kappa shape index (κ2) is 8.91. The minimum absolute atomic E-state index is 0.149. The van der Waals surface area contributed by atoms with Gasteiger partial charge in [-0.25, -0.2) is 0 Å². The van der Waals surface area contributed by atoms with Crippen LogP contribution in [0.15, 0.2) is 55.1 Å². The number of hydrogen-bond donors (Lipinski definition) is 2. The van der Waals surface area contributed by atoms with Crippen LogP contribution in [0.1, 0.15) is 16.1 Å². The van der Waals surface area contributed by atoms with Gasteiger partial charge in [-0.1, -0.05) is 11.6 Å². The van der Waals surface area contributed by atoms with Gasteiger partial charge in [-0.15, -0.1) is 0 Å². The van der Waals surface area contributed by atoms with Gasteiger partial charge in [0.25, 0.3) is 5.91 Å². The molecule has 8 nitrogen and oxygen atoms in total. The molecule has 0 aromatic carbocycles. The highest BCUT2D eigenvalue weighted by Crippen LogP contribution is 2.08. The summed E-state index contributed by atoms with van der Waals surface area (Å²) >= 11 is 5.81. The zero-order valence-electron chi connectivity index (χ0n) is 14.3. The molecule has 0 spiro atoms. The molecule has 3 heterocycles. The Morgan fingerprint density at radius 3 is 2.70 bits per heavy atom. The van der Waals surface area contributed by atoms with E-state index < -0.39 is 5.91 Å². The van der Waals surface area contributed by atoms with E-state index in [0.717, 1.165) is 12.0 Å². The number of carbonyl (C=O) groups excluding carboxylic acids is 2. The molecule has 0 unspecified atom stereocenters. The maximum absolute atomic E-state index is 12.0. The molecule has 0 aliphatic rings. The number of aryl methyl sites for hydroxylation is 2. The maximum atomic E-state index is 12.0. The third kappa shape index (κ3) is 5.61. The Morgan fingerprint density at radius 2 is 1.93 bits per heavy atom. The molecule has 0 saturated heterocycles. The van der Waals surface area contributed by atoms with Crippen molar-refractivity contribution in [1.29, 1.82) is 0 Å². The molecule has 27 heavy (non-hydrogen) atoms. The topological polar surface area (TPSA) is 102 Å².